The van der Waals surface area contributed by atoms with E-state index in [4.69, 9.17) is 4.74 Å². The molecule has 0 bridgehead atoms. The first-order valence-electron chi connectivity index (χ1n) is 8.05. The predicted octanol–water partition coefficient (Wildman–Crippen LogP) is 1.13. The standard InChI is InChI=1S/C16H32N4O2/c1-15(2,13(21)17-3)11-19-14(18-4)20-12-16(7-6-8-16)9-10-22-5/h6-12H2,1-5H3,(H,17,21)(H2,18,19,20). The Hall–Kier alpha value is -1.30. The van der Waals surface area contributed by atoms with Crippen LogP contribution < -0.4 is 16.0 Å². The molecule has 0 aromatic carbocycles. The van der Waals surface area contributed by atoms with E-state index < -0.39 is 5.41 Å². The predicted molar refractivity (Wildman–Crippen MR) is 90.0 cm³/mol. The van der Waals surface area contributed by atoms with Crippen molar-refractivity contribution in [2.24, 2.45) is 15.8 Å². The van der Waals surface area contributed by atoms with Crippen LogP contribution in [-0.4, -0.2) is 52.8 Å². The maximum Gasteiger partial charge on any atom is 0.227 e. The van der Waals surface area contributed by atoms with Gasteiger partial charge in [0.2, 0.25) is 5.91 Å². The quantitative estimate of drug-likeness (QED) is 0.464. The zero-order valence-corrected chi connectivity index (χ0v) is 14.7. The lowest BCUT2D eigenvalue weighted by atomic mass is 9.67. The highest BCUT2D eigenvalue weighted by Crippen LogP contribution is 2.43. The monoisotopic (exact) mass is 312 g/mol. The molecule has 0 heterocycles. The third kappa shape index (κ3) is 5.16. The summed E-state index contributed by atoms with van der Waals surface area (Å²) in [6, 6.07) is 0. The van der Waals surface area contributed by atoms with E-state index in [1.807, 2.05) is 13.8 Å². The first-order chi connectivity index (χ1) is 10.4. The second kappa shape index (κ2) is 8.36. The number of hydrogen-bond acceptors (Lipinski definition) is 3. The van der Waals surface area contributed by atoms with Crippen LogP contribution in [0.15, 0.2) is 4.99 Å². The number of carbonyl (C=O) groups excluding carboxylic acids is 1. The zero-order chi connectivity index (χ0) is 16.6. The molecule has 0 radical (unpaired) electrons. The molecule has 1 rings (SSSR count). The van der Waals surface area contributed by atoms with Crippen molar-refractivity contribution >= 4 is 11.9 Å². The van der Waals surface area contributed by atoms with E-state index in [0.29, 0.717) is 12.0 Å². The highest BCUT2D eigenvalue weighted by Gasteiger charge is 2.36. The Bertz CT molecular complexity index is 390. The van der Waals surface area contributed by atoms with Crippen LogP contribution in [0.5, 0.6) is 0 Å². The second-order valence-corrected chi connectivity index (χ2v) is 6.84. The molecule has 6 heteroatoms. The van der Waals surface area contributed by atoms with Gasteiger partial charge in [0.25, 0.3) is 0 Å². The van der Waals surface area contributed by atoms with E-state index in [0.717, 1.165) is 25.5 Å². The molecule has 0 aromatic heterocycles. The summed E-state index contributed by atoms with van der Waals surface area (Å²) in [5.74, 6) is 0.770. The van der Waals surface area contributed by atoms with E-state index in [1.54, 1.807) is 21.2 Å². The van der Waals surface area contributed by atoms with Gasteiger partial charge in [-0.1, -0.05) is 6.42 Å². The summed E-state index contributed by atoms with van der Waals surface area (Å²) < 4.78 is 5.22. The van der Waals surface area contributed by atoms with Crippen molar-refractivity contribution in [2.45, 2.75) is 39.5 Å². The van der Waals surface area contributed by atoms with E-state index >= 15 is 0 Å². The first-order valence-corrected chi connectivity index (χ1v) is 8.05. The van der Waals surface area contributed by atoms with E-state index in [1.165, 1.54) is 19.3 Å². The lowest BCUT2D eigenvalue weighted by Crippen LogP contribution is -2.50. The van der Waals surface area contributed by atoms with Gasteiger partial charge < -0.3 is 20.7 Å². The topological polar surface area (TPSA) is 74.8 Å². The maximum atomic E-state index is 11.8. The van der Waals surface area contributed by atoms with Crippen molar-refractivity contribution in [2.75, 3.05) is 40.9 Å². The number of nitrogens with one attached hydrogen (secondary N) is 3. The summed E-state index contributed by atoms with van der Waals surface area (Å²) in [6.45, 7) is 6.07. The van der Waals surface area contributed by atoms with Gasteiger partial charge >= 0.3 is 0 Å². The highest BCUT2D eigenvalue weighted by molar-refractivity contribution is 5.84. The van der Waals surface area contributed by atoms with Gasteiger partial charge in [-0.2, -0.15) is 0 Å². The van der Waals surface area contributed by atoms with E-state index in [2.05, 4.69) is 20.9 Å². The van der Waals surface area contributed by atoms with Crippen LogP contribution >= 0.6 is 0 Å². The number of hydrogen-bond donors (Lipinski definition) is 3. The van der Waals surface area contributed by atoms with Gasteiger partial charge in [-0.25, -0.2) is 0 Å². The Balaban J connectivity index is 2.44. The molecule has 3 N–H and O–H groups in total. The van der Waals surface area contributed by atoms with Crippen LogP contribution in [0.25, 0.3) is 0 Å². The maximum absolute atomic E-state index is 11.8. The first kappa shape index (κ1) is 18.7. The van der Waals surface area contributed by atoms with Crippen molar-refractivity contribution in [1.29, 1.82) is 0 Å². The molecule has 22 heavy (non-hydrogen) atoms. The second-order valence-electron chi connectivity index (χ2n) is 6.84. The molecular weight excluding hydrogens is 280 g/mol. The fourth-order valence-corrected chi connectivity index (χ4v) is 2.73. The number of methoxy groups -OCH3 is 1. The minimum absolute atomic E-state index is 0.0195. The van der Waals surface area contributed by atoms with Crippen LogP contribution in [0.3, 0.4) is 0 Å². The van der Waals surface area contributed by atoms with Gasteiger partial charge in [0, 0.05) is 40.9 Å². The van der Waals surface area contributed by atoms with Gasteiger partial charge in [0.05, 0.1) is 5.41 Å². The third-order valence-corrected chi connectivity index (χ3v) is 4.64. The number of ether oxygens (including phenoxy) is 1. The molecule has 6 nitrogen and oxygen atoms in total. The fraction of sp³-hybridized carbons (Fsp3) is 0.875. The number of amides is 1. The summed E-state index contributed by atoms with van der Waals surface area (Å²) in [4.78, 5) is 16.0. The minimum Gasteiger partial charge on any atom is -0.385 e. The number of aliphatic imine (C=N–C) groups is 1. The molecule has 1 saturated carbocycles. The van der Waals surface area contributed by atoms with Gasteiger partial charge in [-0.05, 0) is 38.5 Å². The Morgan fingerprint density at radius 2 is 2.00 bits per heavy atom. The average Bonchev–Trinajstić information content (AvgIpc) is 2.47. The van der Waals surface area contributed by atoms with Crippen LogP contribution in [0, 0.1) is 10.8 Å². The van der Waals surface area contributed by atoms with Crippen molar-refractivity contribution in [3.63, 3.8) is 0 Å². The number of nitrogens with zero attached hydrogens (tertiary/aromatic N) is 1. The molecule has 0 aliphatic heterocycles. The lowest BCUT2D eigenvalue weighted by Gasteiger charge is -2.42. The summed E-state index contributed by atoms with van der Waals surface area (Å²) in [7, 11) is 5.17. The molecule has 128 valence electrons. The summed E-state index contributed by atoms with van der Waals surface area (Å²) in [5, 5.41) is 9.34. The Morgan fingerprint density at radius 3 is 2.45 bits per heavy atom. The average molecular weight is 312 g/mol. The number of guanidine groups is 1. The normalized spacial score (nSPS) is 17.6. The van der Waals surface area contributed by atoms with Gasteiger partial charge in [0.1, 0.15) is 0 Å². The van der Waals surface area contributed by atoms with Gasteiger partial charge in [-0.3, -0.25) is 9.79 Å². The number of rotatable bonds is 8. The molecular formula is C16H32N4O2. The number of carbonyl (C=O) groups is 1. The minimum atomic E-state index is -0.476. The summed E-state index contributed by atoms with van der Waals surface area (Å²) >= 11 is 0. The van der Waals surface area contributed by atoms with Gasteiger partial charge in [-0.15, -0.1) is 0 Å². The molecule has 0 aromatic rings. The largest absolute Gasteiger partial charge is 0.385 e. The molecule has 0 spiro atoms. The summed E-state index contributed by atoms with van der Waals surface area (Å²) in [5.41, 5.74) is -0.138. The Labute approximate surface area is 134 Å². The molecule has 1 aliphatic carbocycles. The molecule has 0 unspecified atom stereocenters. The molecule has 1 amide bonds. The smallest absolute Gasteiger partial charge is 0.227 e. The Morgan fingerprint density at radius 1 is 1.32 bits per heavy atom. The van der Waals surface area contributed by atoms with Crippen LogP contribution in [-0.2, 0) is 9.53 Å². The van der Waals surface area contributed by atoms with E-state index in [9.17, 15) is 4.79 Å². The fourth-order valence-electron chi connectivity index (χ4n) is 2.73. The zero-order valence-electron chi connectivity index (χ0n) is 14.7. The van der Waals surface area contributed by atoms with Crippen molar-refractivity contribution < 1.29 is 9.53 Å². The van der Waals surface area contributed by atoms with Crippen LogP contribution in [0.1, 0.15) is 39.5 Å². The van der Waals surface area contributed by atoms with Crippen LogP contribution in [0.4, 0.5) is 0 Å². The molecule has 1 fully saturated rings. The molecule has 0 atom stereocenters. The van der Waals surface area contributed by atoms with Gasteiger partial charge in [0.15, 0.2) is 5.96 Å². The van der Waals surface area contributed by atoms with E-state index in [-0.39, 0.29) is 5.91 Å². The van der Waals surface area contributed by atoms with Crippen LogP contribution in [0.2, 0.25) is 0 Å². The molecule has 0 saturated heterocycles. The highest BCUT2D eigenvalue weighted by atomic mass is 16.5. The SMILES string of the molecule is CN=C(NCC1(CCOC)CCC1)NCC(C)(C)C(=O)NC. The van der Waals surface area contributed by atoms with Crippen molar-refractivity contribution in [1.82, 2.24) is 16.0 Å². The third-order valence-electron chi connectivity index (χ3n) is 4.64. The van der Waals surface area contributed by atoms with Crippen molar-refractivity contribution in [3.8, 4) is 0 Å². The Kier molecular flexibility index (Phi) is 7.13. The molecule has 1 aliphatic rings. The summed E-state index contributed by atoms with van der Waals surface area (Å²) in [6.07, 6.45) is 4.85. The lowest BCUT2D eigenvalue weighted by molar-refractivity contribution is -0.128. The van der Waals surface area contributed by atoms with Crippen molar-refractivity contribution in [3.05, 3.63) is 0 Å².